The first-order valence-electron chi connectivity index (χ1n) is 6.23. The number of hydrogen-bond acceptors (Lipinski definition) is 5. The molecule has 1 aromatic carbocycles. The fraction of sp³-hybridized carbons (Fsp3) is 0.462. The molecule has 0 spiro atoms. The van der Waals surface area contributed by atoms with Gasteiger partial charge in [0.2, 0.25) is 5.16 Å². The summed E-state index contributed by atoms with van der Waals surface area (Å²) in [6.07, 6.45) is -0.511. The fourth-order valence-electron chi connectivity index (χ4n) is 1.64. The first-order valence-corrected chi connectivity index (χ1v) is 7.22. The molecule has 1 aromatic heterocycles. The summed E-state index contributed by atoms with van der Waals surface area (Å²) in [7, 11) is 0. The molecule has 0 radical (unpaired) electrons. The maximum Gasteiger partial charge on any atom is 0.209 e. The van der Waals surface area contributed by atoms with Crippen LogP contribution in [-0.4, -0.2) is 31.1 Å². The van der Waals surface area contributed by atoms with Crippen molar-refractivity contribution in [2.24, 2.45) is 0 Å². The Bertz CT molecular complexity index is 524. The Morgan fingerprint density at radius 3 is 2.58 bits per heavy atom. The van der Waals surface area contributed by atoms with Gasteiger partial charge in [0.1, 0.15) is 0 Å². The minimum absolute atomic E-state index is 0.217. The lowest BCUT2D eigenvalue weighted by Crippen LogP contribution is -2.07. The third-order valence-corrected chi connectivity index (χ3v) is 3.79. The standard InChI is InChI=1S/C13H18N4OS/c1-9(2)17-13(14-15-16-17)19-8-12(18)11-6-4-10(3)5-7-11/h4-7,9,12,18H,8H2,1-3H3. The molecule has 0 amide bonds. The topological polar surface area (TPSA) is 63.8 Å². The summed E-state index contributed by atoms with van der Waals surface area (Å²) in [6, 6.07) is 8.12. The third-order valence-electron chi connectivity index (χ3n) is 2.78. The molecule has 0 bridgehead atoms. The predicted octanol–water partition coefficient (Wildman–Crippen LogP) is 2.39. The van der Waals surface area contributed by atoms with Gasteiger partial charge in [0.05, 0.1) is 12.1 Å². The molecule has 2 aromatic rings. The van der Waals surface area contributed by atoms with Crippen molar-refractivity contribution < 1.29 is 5.11 Å². The number of nitrogens with zero attached hydrogens (tertiary/aromatic N) is 4. The second-order valence-corrected chi connectivity index (χ2v) is 5.72. The minimum Gasteiger partial charge on any atom is -0.388 e. The Balaban J connectivity index is 1.98. The highest BCUT2D eigenvalue weighted by Gasteiger charge is 2.13. The van der Waals surface area contributed by atoms with E-state index in [1.807, 2.05) is 45.0 Å². The van der Waals surface area contributed by atoms with E-state index in [4.69, 9.17) is 0 Å². The number of hydrogen-bond donors (Lipinski definition) is 1. The SMILES string of the molecule is Cc1ccc(C(O)CSc2nnnn2C(C)C)cc1. The molecule has 0 saturated heterocycles. The number of aryl methyl sites for hydroxylation is 1. The van der Waals surface area contributed by atoms with Gasteiger partial charge < -0.3 is 5.11 Å². The van der Waals surface area contributed by atoms with Gasteiger partial charge in [-0.3, -0.25) is 0 Å². The molecule has 1 atom stereocenters. The summed E-state index contributed by atoms with van der Waals surface area (Å²) in [4.78, 5) is 0. The van der Waals surface area contributed by atoms with Crippen LogP contribution in [0.1, 0.15) is 37.1 Å². The number of thioether (sulfide) groups is 1. The molecule has 6 heteroatoms. The number of aromatic nitrogens is 4. The quantitative estimate of drug-likeness (QED) is 0.851. The Morgan fingerprint density at radius 2 is 1.95 bits per heavy atom. The second kappa shape index (κ2) is 6.16. The van der Waals surface area contributed by atoms with Crippen LogP contribution in [0.5, 0.6) is 0 Å². The van der Waals surface area contributed by atoms with E-state index < -0.39 is 6.10 Å². The van der Waals surface area contributed by atoms with E-state index in [9.17, 15) is 5.11 Å². The fourth-order valence-corrected chi connectivity index (χ4v) is 2.62. The average molecular weight is 278 g/mol. The molecule has 0 aliphatic carbocycles. The molecule has 102 valence electrons. The van der Waals surface area contributed by atoms with Gasteiger partial charge in [-0.25, -0.2) is 4.68 Å². The van der Waals surface area contributed by atoms with Crippen LogP contribution in [0, 0.1) is 6.92 Å². The van der Waals surface area contributed by atoms with Gasteiger partial charge in [0.25, 0.3) is 0 Å². The van der Waals surface area contributed by atoms with Gasteiger partial charge in [0, 0.05) is 5.75 Å². The van der Waals surface area contributed by atoms with Gasteiger partial charge >= 0.3 is 0 Å². The van der Waals surface area contributed by atoms with Gasteiger partial charge in [-0.15, -0.1) is 5.10 Å². The van der Waals surface area contributed by atoms with Crippen LogP contribution in [0.4, 0.5) is 0 Å². The molecule has 2 rings (SSSR count). The molecular formula is C13H18N4OS. The maximum absolute atomic E-state index is 10.1. The number of benzene rings is 1. The van der Waals surface area contributed by atoms with Crippen molar-refractivity contribution in [3.05, 3.63) is 35.4 Å². The lowest BCUT2D eigenvalue weighted by molar-refractivity contribution is 0.204. The highest BCUT2D eigenvalue weighted by molar-refractivity contribution is 7.99. The molecule has 0 aliphatic rings. The van der Waals surface area contributed by atoms with E-state index in [2.05, 4.69) is 15.5 Å². The van der Waals surface area contributed by atoms with Crippen molar-refractivity contribution in [2.45, 2.75) is 38.1 Å². The van der Waals surface area contributed by atoms with Crippen molar-refractivity contribution in [3.63, 3.8) is 0 Å². The van der Waals surface area contributed by atoms with Gasteiger partial charge in [-0.1, -0.05) is 41.6 Å². The van der Waals surface area contributed by atoms with E-state index >= 15 is 0 Å². The summed E-state index contributed by atoms with van der Waals surface area (Å²) in [6.45, 7) is 6.08. The number of aliphatic hydroxyl groups is 1. The second-order valence-electron chi connectivity index (χ2n) is 4.74. The summed E-state index contributed by atoms with van der Waals surface area (Å²) in [5.41, 5.74) is 2.11. The highest BCUT2D eigenvalue weighted by atomic mass is 32.2. The molecular weight excluding hydrogens is 260 g/mol. The molecule has 1 unspecified atom stereocenters. The van der Waals surface area contributed by atoms with Gasteiger partial charge in [-0.05, 0) is 36.8 Å². The Labute approximate surface area is 117 Å². The van der Waals surface area contributed by atoms with E-state index in [1.165, 1.54) is 17.3 Å². The Kier molecular flexibility index (Phi) is 4.55. The van der Waals surface area contributed by atoms with Crippen LogP contribution in [-0.2, 0) is 0 Å². The van der Waals surface area contributed by atoms with Crippen LogP contribution in [0.2, 0.25) is 0 Å². The first-order chi connectivity index (χ1) is 9.08. The largest absolute Gasteiger partial charge is 0.388 e. The van der Waals surface area contributed by atoms with Crippen molar-refractivity contribution >= 4 is 11.8 Å². The number of aliphatic hydroxyl groups excluding tert-OH is 1. The van der Waals surface area contributed by atoms with Crippen LogP contribution >= 0.6 is 11.8 Å². The van der Waals surface area contributed by atoms with Crippen molar-refractivity contribution in [3.8, 4) is 0 Å². The zero-order valence-corrected chi connectivity index (χ0v) is 12.1. The third kappa shape index (κ3) is 3.54. The van der Waals surface area contributed by atoms with E-state index in [0.29, 0.717) is 5.75 Å². The van der Waals surface area contributed by atoms with Crippen molar-refractivity contribution in [2.75, 3.05) is 5.75 Å². The molecule has 0 saturated carbocycles. The van der Waals surface area contributed by atoms with Crippen LogP contribution in [0.25, 0.3) is 0 Å². The summed E-state index contributed by atoms with van der Waals surface area (Å²) >= 11 is 1.47. The number of tetrazole rings is 1. The number of rotatable bonds is 5. The molecule has 0 fully saturated rings. The molecule has 19 heavy (non-hydrogen) atoms. The predicted molar refractivity (Wildman–Crippen MR) is 75.1 cm³/mol. The zero-order valence-electron chi connectivity index (χ0n) is 11.3. The van der Waals surface area contributed by atoms with Crippen LogP contribution < -0.4 is 0 Å². The molecule has 1 heterocycles. The van der Waals surface area contributed by atoms with Gasteiger partial charge in [-0.2, -0.15) is 0 Å². The monoisotopic (exact) mass is 278 g/mol. The summed E-state index contributed by atoms with van der Waals surface area (Å²) in [5, 5.41) is 22.4. The normalized spacial score (nSPS) is 12.9. The van der Waals surface area contributed by atoms with E-state index in [-0.39, 0.29) is 6.04 Å². The highest BCUT2D eigenvalue weighted by Crippen LogP contribution is 2.24. The lowest BCUT2D eigenvalue weighted by Gasteiger charge is -2.11. The average Bonchev–Trinajstić information content (AvgIpc) is 2.85. The van der Waals surface area contributed by atoms with Crippen molar-refractivity contribution in [1.82, 2.24) is 20.2 Å². The minimum atomic E-state index is -0.511. The van der Waals surface area contributed by atoms with Crippen molar-refractivity contribution in [1.29, 1.82) is 0 Å². The molecule has 1 N–H and O–H groups in total. The first kappa shape index (κ1) is 14.0. The van der Waals surface area contributed by atoms with Crippen LogP contribution in [0.15, 0.2) is 29.4 Å². The van der Waals surface area contributed by atoms with Gasteiger partial charge in [0.15, 0.2) is 0 Å². The van der Waals surface area contributed by atoms with Crippen LogP contribution in [0.3, 0.4) is 0 Å². The molecule has 5 nitrogen and oxygen atoms in total. The van der Waals surface area contributed by atoms with E-state index in [0.717, 1.165) is 10.7 Å². The maximum atomic E-state index is 10.1. The lowest BCUT2D eigenvalue weighted by atomic mass is 10.1. The Hall–Kier alpha value is -1.40. The smallest absolute Gasteiger partial charge is 0.209 e. The summed E-state index contributed by atoms with van der Waals surface area (Å²) < 4.78 is 1.76. The summed E-state index contributed by atoms with van der Waals surface area (Å²) in [5.74, 6) is 0.538. The zero-order chi connectivity index (χ0) is 13.8. The molecule has 0 aliphatic heterocycles. The Morgan fingerprint density at radius 1 is 1.26 bits per heavy atom. The van der Waals surface area contributed by atoms with E-state index in [1.54, 1.807) is 4.68 Å².